The molecule has 0 saturated carbocycles. The van der Waals surface area contributed by atoms with Gasteiger partial charge in [-0.1, -0.05) is 13.8 Å². The van der Waals surface area contributed by atoms with Crippen molar-refractivity contribution >= 4 is 5.91 Å². The van der Waals surface area contributed by atoms with Gasteiger partial charge in [-0.3, -0.25) is 4.79 Å². The SMILES string of the molecule is CC(C)CN(CC(F)(F)F)C(=O)c1ccc(OC(F)F)cc1. The molecule has 0 aliphatic heterocycles. The number of halogens is 5. The van der Waals surface area contributed by atoms with E-state index in [1.165, 1.54) is 0 Å². The Hall–Kier alpha value is -1.86. The molecule has 0 radical (unpaired) electrons. The Bertz CT molecular complexity index is 485. The topological polar surface area (TPSA) is 29.5 Å². The Morgan fingerprint density at radius 2 is 1.73 bits per heavy atom. The van der Waals surface area contributed by atoms with Gasteiger partial charge < -0.3 is 9.64 Å². The molecule has 1 aromatic carbocycles. The second-order valence-corrected chi connectivity index (χ2v) is 5.10. The second kappa shape index (κ2) is 7.42. The standard InChI is InChI=1S/C14H16F5NO2/c1-9(2)7-20(8-14(17,18)19)12(21)10-3-5-11(6-4-10)22-13(15)16/h3-6,9,13H,7-8H2,1-2H3. The van der Waals surface area contributed by atoms with Crippen LogP contribution in [0.4, 0.5) is 22.0 Å². The minimum Gasteiger partial charge on any atom is -0.435 e. The number of alkyl halides is 5. The number of amides is 1. The molecule has 8 heteroatoms. The van der Waals surface area contributed by atoms with Crippen molar-refractivity contribution < 1.29 is 31.5 Å². The summed E-state index contributed by atoms with van der Waals surface area (Å²) in [6.45, 7) is -1.05. The fraction of sp³-hybridized carbons (Fsp3) is 0.500. The number of carbonyl (C=O) groups excluding carboxylic acids is 1. The van der Waals surface area contributed by atoms with Gasteiger partial charge in [0.05, 0.1) is 0 Å². The van der Waals surface area contributed by atoms with E-state index in [0.29, 0.717) is 4.90 Å². The van der Waals surface area contributed by atoms with Gasteiger partial charge in [-0.05, 0) is 30.2 Å². The third-order valence-corrected chi connectivity index (χ3v) is 2.57. The average molecular weight is 325 g/mol. The molecule has 22 heavy (non-hydrogen) atoms. The molecule has 0 aromatic heterocycles. The molecule has 0 aliphatic carbocycles. The molecule has 0 bridgehead atoms. The van der Waals surface area contributed by atoms with Crippen LogP contribution in [0.3, 0.4) is 0 Å². The second-order valence-electron chi connectivity index (χ2n) is 5.10. The van der Waals surface area contributed by atoms with E-state index in [-0.39, 0.29) is 23.8 Å². The number of carbonyl (C=O) groups is 1. The van der Waals surface area contributed by atoms with Crippen molar-refractivity contribution in [2.45, 2.75) is 26.6 Å². The van der Waals surface area contributed by atoms with Gasteiger partial charge in [0, 0.05) is 12.1 Å². The van der Waals surface area contributed by atoms with Crippen molar-refractivity contribution in [1.29, 1.82) is 0 Å². The molecule has 3 nitrogen and oxygen atoms in total. The van der Waals surface area contributed by atoms with Crippen molar-refractivity contribution in [3.8, 4) is 5.75 Å². The first-order valence-electron chi connectivity index (χ1n) is 6.49. The lowest BCUT2D eigenvalue weighted by Gasteiger charge is -2.25. The fourth-order valence-electron chi connectivity index (χ4n) is 1.84. The summed E-state index contributed by atoms with van der Waals surface area (Å²) >= 11 is 0. The van der Waals surface area contributed by atoms with Crippen LogP contribution < -0.4 is 4.74 Å². The summed E-state index contributed by atoms with van der Waals surface area (Å²) in [6, 6.07) is 4.54. The zero-order chi connectivity index (χ0) is 16.9. The Morgan fingerprint density at radius 3 is 2.14 bits per heavy atom. The van der Waals surface area contributed by atoms with Gasteiger partial charge in [-0.2, -0.15) is 22.0 Å². The van der Waals surface area contributed by atoms with Crippen LogP contribution in [0.2, 0.25) is 0 Å². The number of rotatable bonds is 6. The summed E-state index contributed by atoms with van der Waals surface area (Å²) < 4.78 is 65.8. The number of hydrogen-bond donors (Lipinski definition) is 0. The van der Waals surface area contributed by atoms with Crippen LogP contribution in [0, 0.1) is 5.92 Å². The van der Waals surface area contributed by atoms with Crippen LogP contribution >= 0.6 is 0 Å². The molecule has 0 saturated heterocycles. The van der Waals surface area contributed by atoms with Crippen LogP contribution in [0.15, 0.2) is 24.3 Å². The Labute approximate surface area is 124 Å². The van der Waals surface area contributed by atoms with E-state index in [4.69, 9.17) is 0 Å². The predicted octanol–water partition coefficient (Wildman–Crippen LogP) is 3.95. The summed E-state index contributed by atoms with van der Waals surface area (Å²) in [5, 5.41) is 0. The molecule has 124 valence electrons. The van der Waals surface area contributed by atoms with E-state index in [1.54, 1.807) is 13.8 Å². The van der Waals surface area contributed by atoms with Gasteiger partial charge in [0.25, 0.3) is 5.91 Å². The molecular formula is C14H16F5NO2. The molecule has 0 fully saturated rings. The van der Waals surface area contributed by atoms with Crippen LogP contribution in [-0.4, -0.2) is 36.7 Å². The predicted molar refractivity (Wildman–Crippen MR) is 69.9 cm³/mol. The Morgan fingerprint density at radius 1 is 1.18 bits per heavy atom. The maximum atomic E-state index is 12.5. The van der Waals surface area contributed by atoms with Gasteiger partial charge in [-0.25, -0.2) is 0 Å². The van der Waals surface area contributed by atoms with Crippen molar-refractivity contribution in [2.24, 2.45) is 5.92 Å². The minimum atomic E-state index is -4.51. The zero-order valence-electron chi connectivity index (χ0n) is 12.0. The smallest absolute Gasteiger partial charge is 0.406 e. The highest BCUT2D eigenvalue weighted by atomic mass is 19.4. The van der Waals surface area contributed by atoms with E-state index in [1.807, 2.05) is 0 Å². The quantitative estimate of drug-likeness (QED) is 0.741. The van der Waals surface area contributed by atoms with E-state index in [2.05, 4.69) is 4.74 Å². The molecule has 0 heterocycles. The third kappa shape index (κ3) is 6.28. The first-order valence-corrected chi connectivity index (χ1v) is 6.49. The molecule has 0 aliphatic rings. The number of ether oxygens (including phenoxy) is 1. The summed E-state index contributed by atoms with van der Waals surface area (Å²) in [5.41, 5.74) is -0.0217. The molecular weight excluding hydrogens is 309 g/mol. The first-order chi connectivity index (χ1) is 10.1. The molecule has 1 aromatic rings. The molecule has 0 N–H and O–H groups in total. The van der Waals surface area contributed by atoms with Gasteiger partial charge in [0.2, 0.25) is 0 Å². The molecule has 1 rings (SSSR count). The Balaban J connectivity index is 2.88. The minimum absolute atomic E-state index is 0.0217. The maximum absolute atomic E-state index is 12.5. The lowest BCUT2D eigenvalue weighted by Crippen LogP contribution is -2.41. The highest BCUT2D eigenvalue weighted by Crippen LogP contribution is 2.21. The average Bonchev–Trinajstić information content (AvgIpc) is 2.35. The maximum Gasteiger partial charge on any atom is 0.406 e. The summed E-state index contributed by atoms with van der Waals surface area (Å²) in [5.74, 6) is -1.12. The van der Waals surface area contributed by atoms with Gasteiger partial charge >= 0.3 is 12.8 Å². The van der Waals surface area contributed by atoms with Crippen molar-refractivity contribution in [2.75, 3.05) is 13.1 Å². The highest BCUT2D eigenvalue weighted by molar-refractivity contribution is 5.94. The summed E-state index contributed by atoms with van der Waals surface area (Å²) in [7, 11) is 0. The van der Waals surface area contributed by atoms with Gasteiger partial charge in [0.1, 0.15) is 12.3 Å². The molecule has 0 spiro atoms. The summed E-state index contributed by atoms with van der Waals surface area (Å²) in [6.07, 6.45) is -4.51. The van der Waals surface area contributed by atoms with Crippen LogP contribution in [0.5, 0.6) is 5.75 Å². The highest BCUT2D eigenvalue weighted by Gasteiger charge is 2.33. The summed E-state index contributed by atoms with van der Waals surface area (Å²) in [4.78, 5) is 12.8. The number of hydrogen-bond acceptors (Lipinski definition) is 2. The molecule has 0 atom stereocenters. The van der Waals surface area contributed by atoms with Crippen LogP contribution in [-0.2, 0) is 0 Å². The first kappa shape index (κ1) is 18.2. The molecule has 1 amide bonds. The monoisotopic (exact) mass is 325 g/mol. The largest absolute Gasteiger partial charge is 0.435 e. The zero-order valence-corrected chi connectivity index (χ0v) is 12.0. The van der Waals surface area contributed by atoms with E-state index in [0.717, 1.165) is 24.3 Å². The van der Waals surface area contributed by atoms with Crippen molar-refractivity contribution in [1.82, 2.24) is 4.90 Å². The van der Waals surface area contributed by atoms with Crippen molar-refractivity contribution in [3.63, 3.8) is 0 Å². The lowest BCUT2D eigenvalue weighted by atomic mass is 10.1. The Kier molecular flexibility index (Phi) is 6.13. The normalized spacial score (nSPS) is 11.9. The van der Waals surface area contributed by atoms with Gasteiger partial charge in [0.15, 0.2) is 0 Å². The van der Waals surface area contributed by atoms with Crippen LogP contribution in [0.1, 0.15) is 24.2 Å². The van der Waals surface area contributed by atoms with Gasteiger partial charge in [-0.15, -0.1) is 0 Å². The number of benzene rings is 1. The molecule has 0 unspecified atom stereocenters. The van der Waals surface area contributed by atoms with Crippen LogP contribution in [0.25, 0.3) is 0 Å². The third-order valence-electron chi connectivity index (χ3n) is 2.57. The van der Waals surface area contributed by atoms with Crippen molar-refractivity contribution in [3.05, 3.63) is 29.8 Å². The van der Waals surface area contributed by atoms with E-state index >= 15 is 0 Å². The van der Waals surface area contributed by atoms with E-state index < -0.39 is 25.2 Å². The number of nitrogens with zero attached hydrogens (tertiary/aromatic N) is 1. The van der Waals surface area contributed by atoms with E-state index in [9.17, 15) is 26.7 Å². The fourth-order valence-corrected chi connectivity index (χ4v) is 1.84. The lowest BCUT2D eigenvalue weighted by molar-refractivity contribution is -0.141.